The average molecular weight is 377 g/mol. The van der Waals surface area contributed by atoms with E-state index in [1.165, 1.54) is 0 Å². The van der Waals surface area contributed by atoms with Crippen LogP contribution in [0.25, 0.3) is 0 Å². The van der Waals surface area contributed by atoms with Crippen LogP contribution in [-0.2, 0) is 9.47 Å². The molecule has 0 aliphatic carbocycles. The third-order valence-corrected chi connectivity index (χ3v) is 4.74. The maximum atomic E-state index is 12.2. The number of hydrogen-bond donors (Lipinski definition) is 0. The normalized spacial score (nSPS) is 21.1. The molecule has 0 N–H and O–H groups in total. The molecule has 0 spiro atoms. The number of nitrogens with zero attached hydrogens (tertiary/aromatic N) is 3. The second-order valence-corrected chi connectivity index (χ2v) is 8.20. The second-order valence-electron chi connectivity index (χ2n) is 8.20. The highest BCUT2D eigenvalue weighted by atomic mass is 16.6. The third-order valence-electron chi connectivity index (χ3n) is 4.74. The van der Waals surface area contributed by atoms with Crippen molar-refractivity contribution in [3.05, 3.63) is 18.3 Å². The molecule has 7 heteroatoms. The second kappa shape index (κ2) is 8.78. The summed E-state index contributed by atoms with van der Waals surface area (Å²) < 4.78 is 16.7. The first-order chi connectivity index (χ1) is 12.9. The first-order valence-corrected chi connectivity index (χ1v) is 9.80. The summed E-state index contributed by atoms with van der Waals surface area (Å²) in [5, 5.41) is 0. The van der Waals surface area contributed by atoms with Gasteiger partial charge in [0, 0.05) is 44.8 Å². The van der Waals surface area contributed by atoms with Crippen LogP contribution in [0.4, 0.5) is 10.5 Å². The van der Waals surface area contributed by atoms with Crippen LogP contribution in [-0.4, -0.2) is 67.6 Å². The van der Waals surface area contributed by atoms with E-state index < -0.39 is 5.60 Å². The number of aromatic nitrogens is 1. The number of carbonyl (C=O) groups excluding carboxylic acids is 1. The van der Waals surface area contributed by atoms with Gasteiger partial charge in [-0.2, -0.15) is 0 Å². The molecule has 1 aromatic heterocycles. The van der Waals surface area contributed by atoms with E-state index in [0.29, 0.717) is 31.5 Å². The van der Waals surface area contributed by atoms with E-state index in [-0.39, 0.29) is 6.09 Å². The van der Waals surface area contributed by atoms with Gasteiger partial charge in [-0.25, -0.2) is 9.78 Å². The number of rotatable bonds is 4. The minimum atomic E-state index is -0.461. The van der Waals surface area contributed by atoms with Crippen LogP contribution in [0.3, 0.4) is 0 Å². The van der Waals surface area contributed by atoms with Gasteiger partial charge in [-0.05, 0) is 39.7 Å². The fraction of sp³-hybridized carbons (Fsp3) is 0.700. The van der Waals surface area contributed by atoms with Gasteiger partial charge in [0.1, 0.15) is 5.60 Å². The van der Waals surface area contributed by atoms with E-state index in [1.807, 2.05) is 39.1 Å². The van der Waals surface area contributed by atoms with Gasteiger partial charge in [0.05, 0.1) is 25.1 Å². The average Bonchev–Trinajstić information content (AvgIpc) is 2.66. The Labute approximate surface area is 161 Å². The van der Waals surface area contributed by atoms with Crippen molar-refractivity contribution in [2.75, 3.05) is 50.9 Å². The molecule has 150 valence electrons. The molecule has 1 unspecified atom stereocenters. The van der Waals surface area contributed by atoms with Crippen molar-refractivity contribution in [1.82, 2.24) is 9.88 Å². The fourth-order valence-electron chi connectivity index (χ4n) is 3.26. The Morgan fingerprint density at radius 2 is 2.04 bits per heavy atom. The van der Waals surface area contributed by atoms with Crippen LogP contribution >= 0.6 is 0 Å². The number of hydrogen-bond acceptors (Lipinski definition) is 6. The van der Waals surface area contributed by atoms with Gasteiger partial charge in [0.25, 0.3) is 0 Å². The Balaban J connectivity index is 1.45. The van der Waals surface area contributed by atoms with Crippen LogP contribution in [0, 0.1) is 5.92 Å². The molecule has 0 radical (unpaired) electrons. The summed E-state index contributed by atoms with van der Waals surface area (Å²) in [5.41, 5.74) is 0.588. The summed E-state index contributed by atoms with van der Waals surface area (Å²) in [7, 11) is 0. The first-order valence-electron chi connectivity index (χ1n) is 9.80. The lowest BCUT2D eigenvalue weighted by Gasteiger charge is -2.36. The third kappa shape index (κ3) is 5.99. The first kappa shape index (κ1) is 19.7. The van der Waals surface area contributed by atoms with Crippen LogP contribution in [0.1, 0.15) is 33.6 Å². The highest BCUT2D eigenvalue weighted by Crippen LogP contribution is 2.20. The van der Waals surface area contributed by atoms with Gasteiger partial charge in [0.2, 0.25) is 5.88 Å². The molecule has 7 nitrogen and oxygen atoms in total. The van der Waals surface area contributed by atoms with E-state index in [0.717, 1.165) is 44.8 Å². The number of carbonyl (C=O) groups is 1. The summed E-state index contributed by atoms with van der Waals surface area (Å²) in [6.07, 6.45) is 3.86. The molecule has 1 atom stereocenters. The molecule has 0 bridgehead atoms. The Morgan fingerprint density at radius 1 is 1.26 bits per heavy atom. The van der Waals surface area contributed by atoms with Crippen molar-refractivity contribution in [1.29, 1.82) is 0 Å². The van der Waals surface area contributed by atoms with Crippen molar-refractivity contribution in [2.24, 2.45) is 5.92 Å². The van der Waals surface area contributed by atoms with Crippen LogP contribution in [0.2, 0.25) is 0 Å². The number of pyridine rings is 1. The minimum absolute atomic E-state index is 0.240. The van der Waals surface area contributed by atoms with Crippen molar-refractivity contribution in [3.63, 3.8) is 0 Å². The molecule has 2 saturated heterocycles. The van der Waals surface area contributed by atoms with Crippen molar-refractivity contribution in [2.45, 2.75) is 39.2 Å². The molecule has 27 heavy (non-hydrogen) atoms. The van der Waals surface area contributed by atoms with Crippen molar-refractivity contribution in [3.8, 4) is 5.88 Å². The SMILES string of the molecule is CC(C)(C)OC(=O)N1CCN(c2ccc(OCC3CCCOC3)nc2)CC1. The van der Waals surface area contributed by atoms with E-state index in [9.17, 15) is 4.79 Å². The van der Waals surface area contributed by atoms with Crippen LogP contribution in [0.15, 0.2) is 18.3 Å². The molecule has 0 aromatic carbocycles. The molecular formula is C20H31N3O4. The smallest absolute Gasteiger partial charge is 0.410 e. The Hall–Kier alpha value is -2.02. The predicted molar refractivity (Wildman–Crippen MR) is 103 cm³/mol. The molecule has 3 heterocycles. The number of piperazine rings is 1. The number of ether oxygens (including phenoxy) is 3. The zero-order valence-electron chi connectivity index (χ0n) is 16.6. The van der Waals surface area contributed by atoms with Crippen LogP contribution < -0.4 is 9.64 Å². The molecule has 2 fully saturated rings. The zero-order valence-corrected chi connectivity index (χ0v) is 16.6. The van der Waals surface area contributed by atoms with Gasteiger partial charge in [-0.15, -0.1) is 0 Å². The topological polar surface area (TPSA) is 64.1 Å². The maximum Gasteiger partial charge on any atom is 0.410 e. The van der Waals surface area contributed by atoms with Gasteiger partial charge in [-0.1, -0.05) is 0 Å². The Morgan fingerprint density at radius 3 is 2.63 bits per heavy atom. The zero-order chi connectivity index (χ0) is 19.3. The summed E-state index contributed by atoms with van der Waals surface area (Å²) in [5.74, 6) is 1.11. The molecule has 1 amide bonds. The maximum absolute atomic E-state index is 12.2. The predicted octanol–water partition coefficient (Wildman–Crippen LogP) is 2.94. The van der Waals surface area contributed by atoms with Gasteiger partial charge >= 0.3 is 6.09 Å². The molecule has 3 rings (SSSR count). The fourth-order valence-corrected chi connectivity index (χ4v) is 3.26. The highest BCUT2D eigenvalue weighted by molar-refractivity contribution is 5.68. The van der Waals surface area contributed by atoms with Gasteiger partial charge < -0.3 is 24.0 Å². The molecule has 2 aliphatic heterocycles. The van der Waals surface area contributed by atoms with Crippen LogP contribution in [0.5, 0.6) is 5.88 Å². The molecule has 0 saturated carbocycles. The summed E-state index contributed by atoms with van der Waals surface area (Å²) in [6, 6.07) is 3.95. The van der Waals surface area contributed by atoms with Crippen molar-refractivity contribution < 1.29 is 19.0 Å². The lowest BCUT2D eigenvalue weighted by atomic mass is 10.0. The van der Waals surface area contributed by atoms with E-state index in [2.05, 4.69) is 9.88 Å². The lowest BCUT2D eigenvalue weighted by molar-refractivity contribution is 0.0240. The van der Waals surface area contributed by atoms with E-state index in [1.54, 1.807) is 4.90 Å². The van der Waals surface area contributed by atoms with Gasteiger partial charge in [0.15, 0.2) is 0 Å². The summed E-state index contributed by atoms with van der Waals surface area (Å²) in [4.78, 5) is 20.6. The summed E-state index contributed by atoms with van der Waals surface area (Å²) in [6.45, 7) is 10.8. The van der Waals surface area contributed by atoms with Gasteiger partial charge in [-0.3, -0.25) is 0 Å². The Kier molecular flexibility index (Phi) is 6.42. The molecule has 1 aromatic rings. The minimum Gasteiger partial charge on any atom is -0.477 e. The monoisotopic (exact) mass is 377 g/mol. The van der Waals surface area contributed by atoms with Crippen molar-refractivity contribution >= 4 is 11.8 Å². The lowest BCUT2D eigenvalue weighted by Crippen LogP contribution is -2.50. The summed E-state index contributed by atoms with van der Waals surface area (Å²) >= 11 is 0. The highest BCUT2D eigenvalue weighted by Gasteiger charge is 2.26. The molecule has 2 aliphatic rings. The number of amides is 1. The van der Waals surface area contributed by atoms with E-state index in [4.69, 9.17) is 14.2 Å². The standard InChI is InChI=1S/C20H31N3O4/c1-20(2,3)27-19(24)23-10-8-22(9-11-23)17-6-7-18(21-13-17)26-15-16-5-4-12-25-14-16/h6-7,13,16H,4-5,8-12,14-15H2,1-3H3. The quantitative estimate of drug-likeness (QED) is 0.804. The number of anilines is 1. The largest absolute Gasteiger partial charge is 0.477 e. The molecular weight excluding hydrogens is 346 g/mol. The van der Waals surface area contributed by atoms with E-state index >= 15 is 0 Å². The Bertz CT molecular complexity index is 601.